The predicted molar refractivity (Wildman–Crippen MR) is 140 cm³/mol. The summed E-state index contributed by atoms with van der Waals surface area (Å²) in [5.74, 6) is 2.74. The van der Waals surface area contributed by atoms with Gasteiger partial charge in [-0.1, -0.05) is 12.1 Å². The van der Waals surface area contributed by atoms with Crippen LogP contribution in [-0.2, 0) is 13.0 Å². The molecule has 0 saturated carbocycles. The Morgan fingerprint density at radius 3 is 2.44 bits per heavy atom. The summed E-state index contributed by atoms with van der Waals surface area (Å²) in [6.45, 7) is 1.23. The number of fused-ring (bicyclic) bond motifs is 4. The fourth-order valence-corrected chi connectivity index (χ4v) is 5.93. The third-order valence-corrected chi connectivity index (χ3v) is 7.54. The van der Waals surface area contributed by atoms with E-state index in [0.717, 1.165) is 25.1 Å². The molecule has 2 heterocycles. The Morgan fingerprint density at radius 2 is 1.75 bits per heavy atom. The molecule has 1 saturated heterocycles. The molecule has 9 nitrogen and oxygen atoms in total. The van der Waals surface area contributed by atoms with E-state index in [4.69, 9.17) is 18.9 Å². The van der Waals surface area contributed by atoms with Crippen LogP contribution in [0, 0.1) is 5.92 Å². The standard InChI is InChI=1S/C26H31N3O6.ClH/c1-32-19-7-5-6-16-15(19)9-8-14-13-27-18(21(14)16)10-11-29-25(30)17-12-20(33-2)23(34-3)24(35-4)22(17)28-26(29)31;/h5-7,12,14,18,21,27H,8-11,13H2,1-4H3,(H,28,31);1H/t14-,18?,21+;/m0./s1. The Balaban J connectivity index is 0.00000304. The van der Waals surface area contributed by atoms with Crippen molar-refractivity contribution in [3.63, 3.8) is 0 Å². The normalized spacial score (nSPS) is 20.3. The second-order valence-electron chi connectivity index (χ2n) is 9.11. The smallest absolute Gasteiger partial charge is 0.328 e. The number of H-pyrrole nitrogens is 1. The van der Waals surface area contributed by atoms with E-state index >= 15 is 0 Å². The van der Waals surface area contributed by atoms with E-state index in [-0.39, 0.29) is 29.8 Å². The first kappa shape index (κ1) is 25.9. The molecular weight excluding hydrogens is 486 g/mol. The largest absolute Gasteiger partial charge is 0.496 e. The molecule has 1 unspecified atom stereocenters. The van der Waals surface area contributed by atoms with E-state index < -0.39 is 5.69 Å². The van der Waals surface area contributed by atoms with E-state index in [1.165, 1.54) is 37.0 Å². The van der Waals surface area contributed by atoms with Crippen molar-refractivity contribution in [3.05, 3.63) is 56.2 Å². The molecule has 0 radical (unpaired) electrons. The summed E-state index contributed by atoms with van der Waals surface area (Å²) >= 11 is 0. The summed E-state index contributed by atoms with van der Waals surface area (Å²) in [5, 5.41) is 3.96. The monoisotopic (exact) mass is 517 g/mol. The first-order valence-corrected chi connectivity index (χ1v) is 11.9. The Labute approximate surface area is 215 Å². The van der Waals surface area contributed by atoms with E-state index in [1.807, 2.05) is 12.1 Å². The SMILES string of the molecule is COc1cccc2c1CC[C@H]1CNC(CCn3c(=O)[nH]c4c(OC)c(OC)c(OC)cc4c3=O)[C@@H]21.Cl. The van der Waals surface area contributed by atoms with Crippen LogP contribution < -0.4 is 35.5 Å². The average Bonchev–Trinajstić information content (AvgIpc) is 3.30. The van der Waals surface area contributed by atoms with Crippen molar-refractivity contribution in [3.8, 4) is 23.0 Å². The molecule has 194 valence electrons. The number of benzene rings is 2. The molecule has 10 heteroatoms. The van der Waals surface area contributed by atoms with Crippen LogP contribution in [0.25, 0.3) is 10.9 Å². The van der Waals surface area contributed by atoms with Crippen LogP contribution in [0.1, 0.15) is 29.9 Å². The number of rotatable bonds is 7. The van der Waals surface area contributed by atoms with Gasteiger partial charge in [0.1, 0.15) is 11.3 Å². The van der Waals surface area contributed by atoms with Gasteiger partial charge < -0.3 is 29.2 Å². The minimum Gasteiger partial charge on any atom is -0.496 e. The van der Waals surface area contributed by atoms with Crippen LogP contribution in [0.4, 0.5) is 0 Å². The lowest BCUT2D eigenvalue weighted by molar-refractivity contribution is 0.326. The molecule has 3 aromatic rings. The van der Waals surface area contributed by atoms with Crippen LogP contribution in [0.2, 0.25) is 0 Å². The van der Waals surface area contributed by atoms with Crippen molar-refractivity contribution in [2.45, 2.75) is 37.8 Å². The summed E-state index contributed by atoms with van der Waals surface area (Å²) in [6, 6.07) is 7.99. The lowest BCUT2D eigenvalue weighted by Gasteiger charge is -2.32. The molecule has 36 heavy (non-hydrogen) atoms. The fraction of sp³-hybridized carbons (Fsp3) is 0.462. The Hall–Kier alpha value is -3.17. The average molecular weight is 518 g/mol. The van der Waals surface area contributed by atoms with Gasteiger partial charge in [-0.25, -0.2) is 4.79 Å². The number of ether oxygens (including phenoxy) is 4. The summed E-state index contributed by atoms with van der Waals surface area (Å²) in [4.78, 5) is 29.2. The van der Waals surface area contributed by atoms with Crippen molar-refractivity contribution in [1.82, 2.24) is 14.9 Å². The lowest BCUT2D eigenvalue weighted by atomic mass is 9.73. The first-order chi connectivity index (χ1) is 17.0. The highest BCUT2D eigenvalue weighted by molar-refractivity contribution is 5.89. The third-order valence-electron chi connectivity index (χ3n) is 7.54. The Morgan fingerprint density at radius 1 is 1.00 bits per heavy atom. The predicted octanol–water partition coefficient (Wildman–Crippen LogP) is 2.85. The highest BCUT2D eigenvalue weighted by Gasteiger charge is 2.40. The zero-order chi connectivity index (χ0) is 24.7. The van der Waals surface area contributed by atoms with E-state index in [1.54, 1.807) is 13.2 Å². The van der Waals surface area contributed by atoms with Gasteiger partial charge >= 0.3 is 5.69 Å². The quantitative estimate of drug-likeness (QED) is 0.496. The summed E-state index contributed by atoms with van der Waals surface area (Å²) in [5.41, 5.74) is 2.02. The minimum absolute atomic E-state index is 0. The zero-order valence-corrected chi connectivity index (χ0v) is 21.7. The summed E-state index contributed by atoms with van der Waals surface area (Å²) < 4.78 is 23.1. The second-order valence-corrected chi connectivity index (χ2v) is 9.11. The summed E-state index contributed by atoms with van der Waals surface area (Å²) in [6.07, 6.45) is 2.75. The highest BCUT2D eigenvalue weighted by atomic mass is 35.5. The molecule has 5 rings (SSSR count). The molecule has 0 bridgehead atoms. The molecule has 1 aliphatic carbocycles. The molecule has 1 aromatic heterocycles. The third kappa shape index (κ3) is 4.10. The summed E-state index contributed by atoms with van der Waals surface area (Å²) in [7, 11) is 6.14. The van der Waals surface area contributed by atoms with Crippen LogP contribution in [0.15, 0.2) is 33.9 Å². The first-order valence-electron chi connectivity index (χ1n) is 11.9. The lowest BCUT2D eigenvalue weighted by Crippen LogP contribution is -2.38. The molecule has 1 aliphatic heterocycles. The van der Waals surface area contributed by atoms with Gasteiger partial charge in [-0.05, 0) is 55.0 Å². The number of hydrogen-bond donors (Lipinski definition) is 2. The molecule has 2 aliphatic rings. The number of aromatic nitrogens is 2. The number of aromatic amines is 1. The van der Waals surface area contributed by atoms with Crippen molar-refractivity contribution >= 4 is 23.3 Å². The zero-order valence-electron chi connectivity index (χ0n) is 20.9. The van der Waals surface area contributed by atoms with Gasteiger partial charge in [-0.2, -0.15) is 0 Å². The van der Waals surface area contributed by atoms with Gasteiger partial charge in [0.2, 0.25) is 5.75 Å². The van der Waals surface area contributed by atoms with Gasteiger partial charge in [0.25, 0.3) is 5.56 Å². The number of nitrogens with zero attached hydrogens (tertiary/aromatic N) is 1. The van der Waals surface area contributed by atoms with E-state index in [9.17, 15) is 9.59 Å². The fourth-order valence-electron chi connectivity index (χ4n) is 5.93. The number of halogens is 1. The van der Waals surface area contributed by atoms with Gasteiger partial charge in [-0.15, -0.1) is 12.4 Å². The molecule has 0 spiro atoms. The van der Waals surface area contributed by atoms with Crippen LogP contribution in [0.3, 0.4) is 0 Å². The topological polar surface area (TPSA) is 104 Å². The number of methoxy groups -OCH3 is 4. The van der Waals surface area contributed by atoms with Gasteiger partial charge in [0.15, 0.2) is 11.5 Å². The highest BCUT2D eigenvalue weighted by Crippen LogP contribution is 2.45. The minimum atomic E-state index is -0.478. The van der Waals surface area contributed by atoms with Crippen LogP contribution in [0.5, 0.6) is 23.0 Å². The molecular formula is C26H32ClN3O6. The number of nitrogens with one attached hydrogen (secondary N) is 2. The molecule has 2 aromatic carbocycles. The van der Waals surface area contributed by atoms with Crippen molar-refractivity contribution < 1.29 is 18.9 Å². The Bertz CT molecular complexity index is 1380. The van der Waals surface area contributed by atoms with Crippen molar-refractivity contribution in [2.75, 3.05) is 35.0 Å². The maximum absolute atomic E-state index is 13.4. The maximum atomic E-state index is 13.4. The van der Waals surface area contributed by atoms with Gasteiger partial charge in [0.05, 0.1) is 33.8 Å². The van der Waals surface area contributed by atoms with Crippen molar-refractivity contribution in [2.24, 2.45) is 5.92 Å². The van der Waals surface area contributed by atoms with Crippen molar-refractivity contribution in [1.29, 1.82) is 0 Å². The van der Waals surface area contributed by atoms with E-state index in [2.05, 4.69) is 16.4 Å². The second kappa shape index (κ2) is 10.4. The number of hydrogen-bond acceptors (Lipinski definition) is 7. The molecule has 0 amide bonds. The molecule has 3 atom stereocenters. The van der Waals surface area contributed by atoms with Gasteiger partial charge in [-0.3, -0.25) is 9.36 Å². The molecule has 2 N–H and O–H groups in total. The Kier molecular flexibility index (Phi) is 7.51. The molecule has 1 fully saturated rings. The van der Waals surface area contributed by atoms with Crippen LogP contribution in [-0.4, -0.2) is 50.6 Å². The van der Waals surface area contributed by atoms with E-state index in [0.29, 0.717) is 47.2 Å². The van der Waals surface area contributed by atoms with Gasteiger partial charge in [0, 0.05) is 18.5 Å². The van der Waals surface area contributed by atoms with Crippen LogP contribution >= 0.6 is 12.4 Å². The maximum Gasteiger partial charge on any atom is 0.328 e.